The Balaban J connectivity index is 1.82. The number of nitro groups is 1. The fraction of sp³-hybridized carbons (Fsp3) is 0.125. The molecule has 128 valence electrons. The van der Waals surface area contributed by atoms with Gasteiger partial charge in [-0.25, -0.2) is 0 Å². The van der Waals surface area contributed by atoms with Crippen LogP contribution in [0, 0.1) is 10.1 Å². The Kier molecular flexibility index (Phi) is 4.66. The van der Waals surface area contributed by atoms with Crippen LogP contribution in [0.5, 0.6) is 5.75 Å². The number of nitrogens with zero attached hydrogens (tertiary/aromatic N) is 2. The Labute approximate surface area is 150 Å². The van der Waals surface area contributed by atoms with Gasteiger partial charge in [-0.05, 0) is 24.3 Å². The highest BCUT2D eigenvalue weighted by molar-refractivity contribution is 9.10. The van der Waals surface area contributed by atoms with Gasteiger partial charge in [0.15, 0.2) is 6.61 Å². The molecular formula is C16H12BrN3O5. The number of hydrogen-bond acceptors (Lipinski definition) is 5. The van der Waals surface area contributed by atoms with Gasteiger partial charge in [0.25, 0.3) is 11.6 Å². The number of benzene rings is 2. The van der Waals surface area contributed by atoms with Crippen molar-refractivity contribution in [1.82, 2.24) is 0 Å². The first-order valence-corrected chi connectivity index (χ1v) is 8.00. The third kappa shape index (κ3) is 3.77. The van der Waals surface area contributed by atoms with Gasteiger partial charge in [0.1, 0.15) is 12.3 Å². The summed E-state index contributed by atoms with van der Waals surface area (Å²) in [6.45, 7) is -0.502. The lowest BCUT2D eigenvalue weighted by Gasteiger charge is -2.28. The standard InChI is InChI=1S/C16H12BrN3O5/c17-10-2-1-3-11(6-10)18-15(21)8-19-13-7-12(20(23)24)4-5-14(13)25-9-16(19)22/h1-7H,8-9H2,(H,18,21). The van der Waals surface area contributed by atoms with E-state index in [-0.39, 0.29) is 24.5 Å². The fourth-order valence-electron chi connectivity index (χ4n) is 2.39. The number of fused-ring (bicyclic) bond motifs is 1. The van der Waals surface area contributed by atoms with Gasteiger partial charge in [0.05, 0.1) is 10.6 Å². The van der Waals surface area contributed by atoms with Crippen molar-refractivity contribution in [1.29, 1.82) is 0 Å². The second-order valence-electron chi connectivity index (χ2n) is 5.24. The van der Waals surface area contributed by atoms with Crippen LogP contribution in [0.3, 0.4) is 0 Å². The molecular weight excluding hydrogens is 394 g/mol. The topological polar surface area (TPSA) is 102 Å². The summed E-state index contributed by atoms with van der Waals surface area (Å²) >= 11 is 3.31. The van der Waals surface area contributed by atoms with Gasteiger partial charge in [-0.1, -0.05) is 22.0 Å². The van der Waals surface area contributed by atoms with E-state index in [4.69, 9.17) is 4.74 Å². The minimum absolute atomic E-state index is 0.186. The quantitative estimate of drug-likeness (QED) is 0.622. The summed E-state index contributed by atoms with van der Waals surface area (Å²) in [5.74, 6) is -0.552. The molecule has 0 saturated heterocycles. The molecule has 0 spiro atoms. The Bertz CT molecular complexity index is 871. The number of non-ortho nitro benzene ring substituents is 1. The zero-order valence-electron chi connectivity index (χ0n) is 12.8. The molecule has 2 aromatic rings. The summed E-state index contributed by atoms with van der Waals surface area (Å²) in [5, 5.41) is 13.6. The first kappa shape index (κ1) is 16.9. The predicted molar refractivity (Wildman–Crippen MR) is 93.7 cm³/mol. The minimum Gasteiger partial charge on any atom is -0.482 e. The molecule has 0 radical (unpaired) electrons. The monoisotopic (exact) mass is 405 g/mol. The lowest BCUT2D eigenvalue weighted by atomic mass is 10.2. The predicted octanol–water partition coefficient (Wildman–Crippen LogP) is 2.72. The Morgan fingerprint density at radius 2 is 2.12 bits per heavy atom. The molecule has 9 heteroatoms. The molecule has 0 bridgehead atoms. The molecule has 1 heterocycles. The maximum atomic E-state index is 12.3. The molecule has 0 aliphatic carbocycles. The van der Waals surface area contributed by atoms with Crippen LogP contribution in [-0.2, 0) is 9.59 Å². The average Bonchev–Trinajstić information content (AvgIpc) is 2.57. The summed E-state index contributed by atoms with van der Waals surface area (Å²) in [6, 6.07) is 10.9. The molecule has 0 unspecified atom stereocenters. The number of hydrogen-bond donors (Lipinski definition) is 1. The minimum atomic E-state index is -0.570. The maximum absolute atomic E-state index is 12.3. The van der Waals surface area contributed by atoms with Gasteiger partial charge in [-0.2, -0.15) is 0 Å². The Morgan fingerprint density at radius 1 is 1.32 bits per heavy atom. The second-order valence-corrected chi connectivity index (χ2v) is 6.15. The van der Waals surface area contributed by atoms with E-state index in [1.165, 1.54) is 23.1 Å². The van der Waals surface area contributed by atoms with E-state index in [0.717, 1.165) is 4.47 Å². The summed E-state index contributed by atoms with van der Waals surface area (Å²) in [6.07, 6.45) is 0. The van der Waals surface area contributed by atoms with Crippen LogP contribution < -0.4 is 15.0 Å². The lowest BCUT2D eigenvalue weighted by molar-refractivity contribution is -0.384. The molecule has 1 aliphatic heterocycles. The van der Waals surface area contributed by atoms with Crippen molar-refractivity contribution in [3.8, 4) is 5.75 Å². The molecule has 8 nitrogen and oxygen atoms in total. The van der Waals surface area contributed by atoms with E-state index in [9.17, 15) is 19.7 Å². The zero-order valence-corrected chi connectivity index (χ0v) is 14.4. The number of amides is 2. The summed E-state index contributed by atoms with van der Waals surface area (Å²) in [5.41, 5.74) is 0.587. The molecule has 3 rings (SSSR count). The maximum Gasteiger partial charge on any atom is 0.271 e. The molecule has 2 aromatic carbocycles. The number of nitro benzene ring substituents is 1. The molecule has 1 N–H and O–H groups in total. The number of carbonyl (C=O) groups is 2. The van der Waals surface area contributed by atoms with Gasteiger partial charge in [-0.15, -0.1) is 0 Å². The van der Waals surface area contributed by atoms with Gasteiger partial charge >= 0.3 is 0 Å². The second kappa shape index (κ2) is 6.89. The third-order valence-electron chi connectivity index (χ3n) is 3.51. The summed E-state index contributed by atoms with van der Waals surface area (Å²) in [4.78, 5) is 36.0. The van der Waals surface area contributed by atoms with Crippen LogP contribution in [0.15, 0.2) is 46.9 Å². The van der Waals surface area contributed by atoms with Crippen molar-refractivity contribution < 1.29 is 19.2 Å². The zero-order chi connectivity index (χ0) is 18.0. The number of halogens is 1. The number of nitrogens with one attached hydrogen (secondary N) is 1. The molecule has 0 aromatic heterocycles. The summed E-state index contributed by atoms with van der Waals surface area (Å²) < 4.78 is 6.06. The molecule has 2 amide bonds. The van der Waals surface area contributed by atoms with Crippen LogP contribution in [0.25, 0.3) is 0 Å². The summed E-state index contributed by atoms with van der Waals surface area (Å²) in [7, 11) is 0. The number of ether oxygens (including phenoxy) is 1. The molecule has 25 heavy (non-hydrogen) atoms. The van der Waals surface area contributed by atoms with Crippen molar-refractivity contribution in [2.24, 2.45) is 0 Å². The van der Waals surface area contributed by atoms with Crippen molar-refractivity contribution in [2.75, 3.05) is 23.4 Å². The normalized spacial score (nSPS) is 13.0. The SMILES string of the molecule is O=C(CN1C(=O)COc2ccc([N+](=O)[O-])cc21)Nc1cccc(Br)c1. The number of carbonyl (C=O) groups excluding carboxylic acids is 2. The number of anilines is 2. The van der Waals surface area contributed by atoms with Crippen LogP contribution in [-0.4, -0.2) is 29.9 Å². The van der Waals surface area contributed by atoms with E-state index in [0.29, 0.717) is 11.4 Å². The lowest BCUT2D eigenvalue weighted by Crippen LogP contribution is -2.43. The fourth-order valence-corrected chi connectivity index (χ4v) is 2.79. The molecule has 0 saturated carbocycles. The van der Waals surface area contributed by atoms with Crippen LogP contribution in [0.4, 0.5) is 17.1 Å². The largest absolute Gasteiger partial charge is 0.482 e. The molecule has 1 aliphatic rings. The van der Waals surface area contributed by atoms with Crippen LogP contribution >= 0.6 is 15.9 Å². The van der Waals surface area contributed by atoms with E-state index in [1.807, 2.05) is 6.07 Å². The third-order valence-corrected chi connectivity index (χ3v) is 4.00. The van der Waals surface area contributed by atoms with Crippen molar-refractivity contribution in [2.45, 2.75) is 0 Å². The van der Waals surface area contributed by atoms with E-state index in [1.54, 1.807) is 18.2 Å². The highest BCUT2D eigenvalue weighted by atomic mass is 79.9. The van der Waals surface area contributed by atoms with Gasteiger partial charge in [-0.3, -0.25) is 24.6 Å². The van der Waals surface area contributed by atoms with Crippen molar-refractivity contribution >= 4 is 44.8 Å². The first-order chi connectivity index (χ1) is 11.9. The van der Waals surface area contributed by atoms with E-state index >= 15 is 0 Å². The average molecular weight is 406 g/mol. The smallest absolute Gasteiger partial charge is 0.271 e. The first-order valence-electron chi connectivity index (χ1n) is 7.21. The van der Waals surface area contributed by atoms with Crippen LogP contribution in [0.2, 0.25) is 0 Å². The van der Waals surface area contributed by atoms with E-state index < -0.39 is 16.7 Å². The van der Waals surface area contributed by atoms with Crippen molar-refractivity contribution in [3.63, 3.8) is 0 Å². The highest BCUT2D eigenvalue weighted by Crippen LogP contribution is 2.35. The van der Waals surface area contributed by atoms with Gasteiger partial charge in [0, 0.05) is 22.3 Å². The van der Waals surface area contributed by atoms with Gasteiger partial charge < -0.3 is 10.1 Å². The Morgan fingerprint density at radius 3 is 2.84 bits per heavy atom. The van der Waals surface area contributed by atoms with Crippen LogP contribution in [0.1, 0.15) is 0 Å². The van der Waals surface area contributed by atoms with Gasteiger partial charge in [0.2, 0.25) is 5.91 Å². The Hall–Kier alpha value is -2.94. The molecule has 0 fully saturated rings. The number of rotatable bonds is 4. The van der Waals surface area contributed by atoms with E-state index in [2.05, 4.69) is 21.2 Å². The highest BCUT2D eigenvalue weighted by Gasteiger charge is 2.29. The van der Waals surface area contributed by atoms with Crippen molar-refractivity contribution in [3.05, 3.63) is 57.1 Å². The molecule has 0 atom stereocenters.